The van der Waals surface area contributed by atoms with Gasteiger partial charge in [0.05, 0.1) is 11.7 Å². The molecule has 1 aromatic heterocycles. The fourth-order valence-electron chi connectivity index (χ4n) is 1.49. The first kappa shape index (κ1) is 15.1. The van der Waals surface area contributed by atoms with Crippen molar-refractivity contribution in [3.05, 3.63) is 29.6 Å². The van der Waals surface area contributed by atoms with E-state index in [-0.39, 0.29) is 6.42 Å². The number of amides is 1. The van der Waals surface area contributed by atoms with Crippen LogP contribution in [0.5, 0.6) is 0 Å². The van der Waals surface area contributed by atoms with Gasteiger partial charge in [0.25, 0.3) is 0 Å². The van der Waals surface area contributed by atoms with E-state index in [1.165, 1.54) is 0 Å². The molecule has 0 bridgehead atoms. The number of rotatable bonds is 4. The Bertz CT molecular complexity index is 435. The van der Waals surface area contributed by atoms with Crippen LogP contribution in [0.4, 0.5) is 4.79 Å². The van der Waals surface area contributed by atoms with Crippen molar-refractivity contribution in [3.63, 3.8) is 0 Å². The summed E-state index contributed by atoms with van der Waals surface area (Å²) in [5.74, 6) is 0. The third-order valence-corrected chi connectivity index (χ3v) is 2.31. The number of carbonyl (C=O) groups is 2. The van der Waals surface area contributed by atoms with Crippen LogP contribution >= 0.6 is 0 Å². The van der Waals surface area contributed by atoms with Gasteiger partial charge in [-0.25, -0.2) is 4.79 Å². The molecule has 1 N–H and O–H groups in total. The van der Waals surface area contributed by atoms with E-state index in [1.54, 1.807) is 33.0 Å². The minimum atomic E-state index is -0.573. The minimum Gasteiger partial charge on any atom is -0.444 e. The SMILES string of the molecule is Cc1ccc([C@@H](CC=O)NC(=O)OC(C)(C)C)nc1. The number of aromatic nitrogens is 1. The molecule has 5 heteroatoms. The van der Waals surface area contributed by atoms with Gasteiger partial charge in [0, 0.05) is 12.6 Å². The Morgan fingerprint density at radius 1 is 1.47 bits per heavy atom. The van der Waals surface area contributed by atoms with Gasteiger partial charge in [-0.15, -0.1) is 0 Å². The van der Waals surface area contributed by atoms with Gasteiger partial charge in [-0.05, 0) is 39.3 Å². The number of nitrogens with zero attached hydrogens (tertiary/aromatic N) is 1. The number of carbonyl (C=O) groups excluding carboxylic acids is 2. The molecular weight excluding hydrogens is 244 g/mol. The summed E-state index contributed by atoms with van der Waals surface area (Å²) in [5.41, 5.74) is 1.09. The van der Waals surface area contributed by atoms with E-state index < -0.39 is 17.7 Å². The van der Waals surface area contributed by atoms with Crippen molar-refractivity contribution in [1.82, 2.24) is 10.3 Å². The topological polar surface area (TPSA) is 68.3 Å². The van der Waals surface area contributed by atoms with Crippen LogP contribution in [0, 0.1) is 6.92 Å². The molecule has 0 aliphatic carbocycles. The van der Waals surface area contributed by atoms with E-state index >= 15 is 0 Å². The van der Waals surface area contributed by atoms with E-state index in [9.17, 15) is 9.59 Å². The molecule has 0 aromatic carbocycles. The van der Waals surface area contributed by atoms with Crippen LogP contribution in [0.25, 0.3) is 0 Å². The van der Waals surface area contributed by atoms with E-state index in [4.69, 9.17) is 4.74 Å². The molecule has 0 aliphatic heterocycles. The third kappa shape index (κ3) is 5.50. The summed E-state index contributed by atoms with van der Waals surface area (Å²) in [5, 5.41) is 2.66. The molecule has 0 radical (unpaired) electrons. The molecule has 0 unspecified atom stereocenters. The summed E-state index contributed by atoms with van der Waals surface area (Å²) in [7, 11) is 0. The number of ether oxygens (including phenoxy) is 1. The predicted molar refractivity (Wildman–Crippen MR) is 71.8 cm³/mol. The van der Waals surface area contributed by atoms with Gasteiger partial charge in [0.2, 0.25) is 0 Å². The van der Waals surface area contributed by atoms with Crippen molar-refractivity contribution < 1.29 is 14.3 Å². The molecule has 1 atom stereocenters. The Labute approximate surface area is 113 Å². The molecular formula is C14H20N2O3. The van der Waals surface area contributed by atoms with E-state index in [2.05, 4.69) is 10.3 Å². The fourth-order valence-corrected chi connectivity index (χ4v) is 1.49. The Balaban J connectivity index is 2.75. The summed E-state index contributed by atoms with van der Waals surface area (Å²) in [4.78, 5) is 26.6. The van der Waals surface area contributed by atoms with E-state index in [0.717, 1.165) is 11.8 Å². The molecule has 1 heterocycles. The molecule has 1 aromatic rings. The van der Waals surface area contributed by atoms with Crippen LogP contribution in [0.3, 0.4) is 0 Å². The molecule has 104 valence electrons. The monoisotopic (exact) mass is 264 g/mol. The number of alkyl carbamates (subject to hydrolysis) is 1. The van der Waals surface area contributed by atoms with Crippen molar-refractivity contribution in [2.24, 2.45) is 0 Å². The second-order valence-electron chi connectivity index (χ2n) is 5.36. The van der Waals surface area contributed by atoms with Crippen LogP contribution in [0.1, 0.15) is 44.5 Å². The average molecular weight is 264 g/mol. The van der Waals surface area contributed by atoms with E-state index in [0.29, 0.717) is 5.69 Å². The molecule has 0 fully saturated rings. The van der Waals surface area contributed by atoms with Crippen molar-refractivity contribution in [2.75, 3.05) is 0 Å². The summed E-state index contributed by atoms with van der Waals surface area (Å²) in [6.45, 7) is 7.27. The standard InChI is InChI=1S/C14H20N2O3/c1-10-5-6-11(15-9-10)12(7-8-17)16-13(18)19-14(2,3)4/h5-6,8-9,12H,7H2,1-4H3,(H,16,18)/t12-/m1/s1. The van der Waals surface area contributed by atoms with Gasteiger partial charge in [0.15, 0.2) is 0 Å². The number of hydrogen-bond donors (Lipinski definition) is 1. The first-order valence-electron chi connectivity index (χ1n) is 6.17. The molecule has 1 amide bonds. The van der Waals surface area contributed by atoms with Crippen molar-refractivity contribution in [3.8, 4) is 0 Å². The molecule has 0 aliphatic rings. The second kappa shape index (κ2) is 6.31. The molecule has 0 spiro atoms. The highest BCUT2D eigenvalue weighted by Crippen LogP contribution is 2.15. The van der Waals surface area contributed by atoms with E-state index in [1.807, 2.05) is 13.0 Å². The van der Waals surface area contributed by atoms with Crippen LogP contribution in [-0.4, -0.2) is 23.0 Å². The maximum atomic E-state index is 11.7. The predicted octanol–water partition coefficient (Wildman–Crippen LogP) is 2.54. The lowest BCUT2D eigenvalue weighted by atomic mass is 10.1. The summed E-state index contributed by atoms with van der Waals surface area (Å²) in [6, 6.07) is 3.21. The van der Waals surface area contributed by atoms with Gasteiger partial charge in [-0.3, -0.25) is 4.98 Å². The van der Waals surface area contributed by atoms with Crippen LogP contribution in [0.2, 0.25) is 0 Å². The Hall–Kier alpha value is -1.91. The zero-order valence-electron chi connectivity index (χ0n) is 11.8. The quantitative estimate of drug-likeness (QED) is 0.848. The van der Waals surface area contributed by atoms with Crippen LogP contribution in [-0.2, 0) is 9.53 Å². The first-order chi connectivity index (χ1) is 8.81. The number of aryl methyl sites for hydroxylation is 1. The lowest BCUT2D eigenvalue weighted by Crippen LogP contribution is -2.35. The number of pyridine rings is 1. The van der Waals surface area contributed by atoms with Gasteiger partial charge < -0.3 is 14.8 Å². The third-order valence-electron chi connectivity index (χ3n) is 2.31. The maximum absolute atomic E-state index is 11.7. The zero-order chi connectivity index (χ0) is 14.5. The number of hydrogen-bond acceptors (Lipinski definition) is 4. The van der Waals surface area contributed by atoms with Crippen molar-refractivity contribution in [2.45, 2.75) is 45.8 Å². The lowest BCUT2D eigenvalue weighted by molar-refractivity contribution is -0.108. The molecule has 1 rings (SSSR count). The van der Waals surface area contributed by atoms with Crippen LogP contribution < -0.4 is 5.32 Å². The van der Waals surface area contributed by atoms with Crippen LogP contribution in [0.15, 0.2) is 18.3 Å². The Morgan fingerprint density at radius 3 is 2.63 bits per heavy atom. The van der Waals surface area contributed by atoms with Gasteiger partial charge in [-0.1, -0.05) is 6.07 Å². The Morgan fingerprint density at radius 2 is 2.16 bits per heavy atom. The Kier molecular flexibility index (Phi) is 5.03. The summed E-state index contributed by atoms with van der Waals surface area (Å²) < 4.78 is 5.17. The largest absolute Gasteiger partial charge is 0.444 e. The zero-order valence-corrected chi connectivity index (χ0v) is 11.8. The number of aldehydes is 1. The fraction of sp³-hybridized carbons (Fsp3) is 0.500. The first-order valence-corrected chi connectivity index (χ1v) is 6.17. The summed E-state index contributed by atoms with van der Waals surface area (Å²) >= 11 is 0. The van der Waals surface area contributed by atoms with Gasteiger partial charge in [0.1, 0.15) is 11.9 Å². The van der Waals surface area contributed by atoms with Gasteiger partial charge >= 0.3 is 6.09 Å². The highest BCUT2D eigenvalue weighted by Gasteiger charge is 2.20. The maximum Gasteiger partial charge on any atom is 0.408 e. The number of nitrogens with one attached hydrogen (secondary N) is 1. The molecule has 0 saturated carbocycles. The highest BCUT2D eigenvalue weighted by molar-refractivity contribution is 5.69. The minimum absolute atomic E-state index is 0.162. The molecule has 5 nitrogen and oxygen atoms in total. The van der Waals surface area contributed by atoms with Crippen molar-refractivity contribution in [1.29, 1.82) is 0 Å². The highest BCUT2D eigenvalue weighted by atomic mass is 16.6. The lowest BCUT2D eigenvalue weighted by Gasteiger charge is -2.22. The average Bonchev–Trinajstić information content (AvgIpc) is 2.27. The van der Waals surface area contributed by atoms with Crippen molar-refractivity contribution >= 4 is 12.4 Å². The van der Waals surface area contributed by atoms with Gasteiger partial charge in [-0.2, -0.15) is 0 Å². The second-order valence-corrected chi connectivity index (χ2v) is 5.36. The summed E-state index contributed by atoms with van der Waals surface area (Å²) in [6.07, 6.45) is 2.06. The molecule has 19 heavy (non-hydrogen) atoms. The smallest absolute Gasteiger partial charge is 0.408 e. The normalized spacial score (nSPS) is 12.6. The molecule has 0 saturated heterocycles.